The summed E-state index contributed by atoms with van der Waals surface area (Å²) in [5.41, 5.74) is 0.950. The lowest BCUT2D eigenvalue weighted by Gasteiger charge is -2.34. The number of sulfonamides is 1. The number of benzene rings is 4. The van der Waals surface area contributed by atoms with Crippen LogP contribution in [0.2, 0.25) is 10.0 Å². The minimum Gasteiger partial charge on any atom is -0.355 e. The largest absolute Gasteiger partial charge is 0.355 e. The topological polar surface area (TPSA) is 86.8 Å². The molecular formula is C32H30Cl2FN3O4S. The lowest BCUT2D eigenvalue weighted by molar-refractivity contribution is -0.140. The number of anilines is 1. The second kappa shape index (κ2) is 14.5. The van der Waals surface area contributed by atoms with E-state index < -0.39 is 40.2 Å². The van der Waals surface area contributed by atoms with Gasteiger partial charge in [-0.3, -0.25) is 13.9 Å². The summed E-state index contributed by atoms with van der Waals surface area (Å²) in [6.45, 7) is 1.03. The Bertz CT molecular complexity index is 1670. The summed E-state index contributed by atoms with van der Waals surface area (Å²) in [6.07, 6.45) is 0.111. The van der Waals surface area contributed by atoms with Crippen molar-refractivity contribution in [2.45, 2.75) is 30.8 Å². The van der Waals surface area contributed by atoms with Crippen LogP contribution >= 0.6 is 23.2 Å². The molecular weight excluding hydrogens is 612 g/mol. The maximum absolute atomic E-state index is 14.9. The van der Waals surface area contributed by atoms with Crippen LogP contribution in [0.5, 0.6) is 0 Å². The predicted molar refractivity (Wildman–Crippen MR) is 167 cm³/mol. The van der Waals surface area contributed by atoms with Crippen LogP contribution in [0.1, 0.15) is 18.1 Å². The van der Waals surface area contributed by atoms with Crippen molar-refractivity contribution in [1.29, 1.82) is 0 Å². The summed E-state index contributed by atoms with van der Waals surface area (Å²) < 4.78 is 43.7. The molecule has 0 aliphatic rings. The first kappa shape index (κ1) is 32.0. The monoisotopic (exact) mass is 641 g/mol. The molecule has 0 aromatic heterocycles. The number of amides is 2. The Balaban J connectivity index is 1.82. The van der Waals surface area contributed by atoms with Gasteiger partial charge in [0.1, 0.15) is 18.4 Å². The number of nitrogens with zero attached hydrogens (tertiary/aromatic N) is 2. The first-order chi connectivity index (χ1) is 20.6. The molecule has 4 aromatic carbocycles. The fourth-order valence-electron chi connectivity index (χ4n) is 4.57. The van der Waals surface area contributed by atoms with E-state index in [1.807, 2.05) is 30.3 Å². The van der Waals surface area contributed by atoms with Crippen molar-refractivity contribution in [3.63, 3.8) is 0 Å². The van der Waals surface area contributed by atoms with Gasteiger partial charge in [0.05, 0.1) is 15.6 Å². The van der Waals surface area contributed by atoms with E-state index in [-0.39, 0.29) is 39.2 Å². The second-order valence-corrected chi connectivity index (χ2v) is 12.3. The Labute approximate surface area is 260 Å². The van der Waals surface area contributed by atoms with Crippen LogP contribution in [0.25, 0.3) is 0 Å². The predicted octanol–water partition coefficient (Wildman–Crippen LogP) is 6.10. The third kappa shape index (κ3) is 7.93. The van der Waals surface area contributed by atoms with Gasteiger partial charge in [-0.15, -0.1) is 0 Å². The molecule has 0 fully saturated rings. The molecule has 0 aliphatic heterocycles. The zero-order valence-electron chi connectivity index (χ0n) is 23.3. The van der Waals surface area contributed by atoms with Crippen LogP contribution in [0.4, 0.5) is 10.1 Å². The zero-order valence-corrected chi connectivity index (χ0v) is 25.6. The average Bonchev–Trinajstić information content (AvgIpc) is 3.00. The summed E-state index contributed by atoms with van der Waals surface area (Å²) in [5.74, 6) is -1.76. The van der Waals surface area contributed by atoms with E-state index in [9.17, 15) is 22.4 Å². The van der Waals surface area contributed by atoms with Crippen LogP contribution in [-0.2, 0) is 32.6 Å². The molecule has 0 saturated heterocycles. The first-order valence-corrected chi connectivity index (χ1v) is 15.7. The van der Waals surface area contributed by atoms with Gasteiger partial charge in [-0.1, -0.05) is 89.9 Å². The van der Waals surface area contributed by atoms with Gasteiger partial charge in [-0.05, 0) is 48.9 Å². The van der Waals surface area contributed by atoms with Crippen LogP contribution < -0.4 is 9.62 Å². The number of halogens is 3. The molecule has 1 N–H and O–H groups in total. The summed E-state index contributed by atoms with van der Waals surface area (Å²) in [5, 5.41) is 3.04. The highest BCUT2D eigenvalue weighted by Gasteiger charge is 2.35. The molecule has 0 aliphatic carbocycles. The first-order valence-electron chi connectivity index (χ1n) is 13.5. The third-order valence-corrected chi connectivity index (χ3v) is 9.02. The minimum absolute atomic E-state index is 0.00465. The number of hydrogen-bond acceptors (Lipinski definition) is 4. The molecule has 0 bridgehead atoms. The molecule has 4 aromatic rings. The highest BCUT2D eigenvalue weighted by molar-refractivity contribution is 7.92. The normalized spacial score (nSPS) is 11.9. The molecule has 0 unspecified atom stereocenters. The highest BCUT2D eigenvalue weighted by Crippen LogP contribution is 2.33. The van der Waals surface area contributed by atoms with Crippen LogP contribution in [-0.4, -0.2) is 44.3 Å². The van der Waals surface area contributed by atoms with E-state index >= 15 is 0 Å². The van der Waals surface area contributed by atoms with E-state index in [1.165, 1.54) is 53.4 Å². The van der Waals surface area contributed by atoms with Crippen LogP contribution in [0, 0.1) is 5.82 Å². The maximum atomic E-state index is 14.9. The molecule has 224 valence electrons. The Morgan fingerprint density at radius 1 is 0.884 bits per heavy atom. The van der Waals surface area contributed by atoms with Gasteiger partial charge in [-0.25, -0.2) is 12.8 Å². The standard InChI is InChI=1S/C32H30Cl2FN3O4S/c1-2-36-32(40)30(19-23-11-5-3-6-12-23)37(21-24-13-9-10-16-28(24)35)31(39)22-38(29-18-17-25(33)20-27(29)34)43(41,42)26-14-7-4-8-15-26/h3-18,20,30H,2,19,21-22H2,1H3,(H,36,40)/t30-/m1/s1. The fourth-order valence-corrected chi connectivity index (χ4v) is 6.59. The zero-order chi connectivity index (χ0) is 31.0. The molecule has 7 nitrogen and oxygen atoms in total. The lowest BCUT2D eigenvalue weighted by atomic mass is 10.0. The van der Waals surface area contributed by atoms with Gasteiger partial charge in [0.15, 0.2) is 0 Å². The van der Waals surface area contributed by atoms with Crippen LogP contribution in [0.3, 0.4) is 0 Å². The van der Waals surface area contributed by atoms with Gasteiger partial charge >= 0.3 is 0 Å². The molecule has 43 heavy (non-hydrogen) atoms. The smallest absolute Gasteiger partial charge is 0.264 e. The summed E-state index contributed by atoms with van der Waals surface area (Å²) in [6, 6.07) is 25.8. The van der Waals surface area contributed by atoms with Crippen molar-refractivity contribution in [1.82, 2.24) is 10.2 Å². The van der Waals surface area contributed by atoms with E-state index in [0.29, 0.717) is 6.54 Å². The van der Waals surface area contributed by atoms with Gasteiger partial charge in [0, 0.05) is 30.1 Å². The van der Waals surface area contributed by atoms with E-state index in [0.717, 1.165) is 9.87 Å². The number of hydrogen-bond donors (Lipinski definition) is 1. The summed E-state index contributed by atoms with van der Waals surface area (Å²) >= 11 is 12.6. The molecule has 2 amide bonds. The maximum Gasteiger partial charge on any atom is 0.264 e. The highest BCUT2D eigenvalue weighted by atomic mass is 35.5. The molecule has 0 radical (unpaired) electrons. The summed E-state index contributed by atoms with van der Waals surface area (Å²) in [7, 11) is -4.33. The second-order valence-electron chi connectivity index (χ2n) is 9.63. The van der Waals surface area contributed by atoms with Gasteiger partial charge in [-0.2, -0.15) is 0 Å². The molecule has 11 heteroatoms. The van der Waals surface area contributed by atoms with E-state index in [2.05, 4.69) is 5.32 Å². The number of rotatable bonds is 12. The van der Waals surface area contributed by atoms with Gasteiger partial charge < -0.3 is 10.2 Å². The summed E-state index contributed by atoms with van der Waals surface area (Å²) in [4.78, 5) is 28.9. The third-order valence-electron chi connectivity index (χ3n) is 6.71. The number of likely N-dealkylation sites (N-methyl/N-ethyl adjacent to an activating group) is 1. The molecule has 0 spiro atoms. The van der Waals surface area contributed by atoms with Crippen LogP contribution in [0.15, 0.2) is 108 Å². The van der Waals surface area contributed by atoms with Crippen molar-refractivity contribution >= 4 is 50.7 Å². The molecule has 0 saturated carbocycles. The van der Waals surface area contributed by atoms with Crippen molar-refractivity contribution in [3.8, 4) is 0 Å². The quantitative estimate of drug-likeness (QED) is 0.202. The number of nitrogens with one attached hydrogen (secondary N) is 1. The van der Waals surface area contributed by atoms with Crippen molar-refractivity contribution in [3.05, 3.63) is 130 Å². The van der Waals surface area contributed by atoms with E-state index in [4.69, 9.17) is 23.2 Å². The molecule has 0 heterocycles. The SMILES string of the molecule is CCNC(=O)[C@@H](Cc1ccccc1)N(Cc1ccccc1F)C(=O)CN(c1ccc(Cl)cc1Cl)S(=O)(=O)c1ccccc1. The lowest BCUT2D eigenvalue weighted by Crippen LogP contribution is -2.53. The van der Waals surface area contributed by atoms with Crippen molar-refractivity contribution in [2.24, 2.45) is 0 Å². The molecule has 4 rings (SSSR count). The number of carbonyl (C=O) groups is 2. The minimum atomic E-state index is -4.33. The van der Waals surface area contributed by atoms with Crippen molar-refractivity contribution in [2.75, 3.05) is 17.4 Å². The Hall–Kier alpha value is -3.92. The van der Waals surface area contributed by atoms with Gasteiger partial charge in [0.25, 0.3) is 10.0 Å². The fraction of sp³-hybridized carbons (Fsp3) is 0.188. The number of carbonyl (C=O) groups excluding carboxylic acids is 2. The average molecular weight is 643 g/mol. The van der Waals surface area contributed by atoms with Gasteiger partial charge in [0.2, 0.25) is 11.8 Å². The van der Waals surface area contributed by atoms with Crippen molar-refractivity contribution < 1.29 is 22.4 Å². The Morgan fingerprint density at radius 3 is 2.14 bits per heavy atom. The Morgan fingerprint density at radius 2 is 1.51 bits per heavy atom. The molecule has 1 atom stereocenters. The van der Waals surface area contributed by atoms with E-state index in [1.54, 1.807) is 31.2 Å². The Kier molecular flexibility index (Phi) is 10.8.